The molecule has 0 saturated carbocycles. The molecule has 130 valence electrons. The van der Waals surface area contributed by atoms with Crippen LogP contribution in [0.4, 0.5) is 0 Å². The van der Waals surface area contributed by atoms with E-state index < -0.39 is 5.60 Å². The lowest BCUT2D eigenvalue weighted by molar-refractivity contribution is -0.118. The summed E-state index contributed by atoms with van der Waals surface area (Å²) in [5.41, 5.74) is 2.10. The first-order valence-corrected chi connectivity index (χ1v) is 9.03. The molecule has 1 amide bonds. The van der Waals surface area contributed by atoms with Crippen molar-refractivity contribution < 1.29 is 9.90 Å². The Bertz CT molecular complexity index is 464. The van der Waals surface area contributed by atoms with E-state index in [2.05, 4.69) is 43.4 Å². The SMILES string of the molecule is CCCC(O)(CCC)CCc1cccc(CCCNC(C)=O)c1. The number of carbonyl (C=O) groups excluding carboxylic acids is 1. The third-order valence-corrected chi connectivity index (χ3v) is 4.32. The molecule has 3 nitrogen and oxygen atoms in total. The number of nitrogens with one attached hydrogen (secondary N) is 1. The maximum absolute atomic E-state index is 10.9. The number of hydrogen-bond donors (Lipinski definition) is 2. The van der Waals surface area contributed by atoms with Crippen molar-refractivity contribution in [2.45, 2.75) is 77.7 Å². The Morgan fingerprint density at radius 1 is 1.09 bits per heavy atom. The normalized spacial score (nSPS) is 11.5. The Labute approximate surface area is 141 Å². The first-order valence-electron chi connectivity index (χ1n) is 9.03. The molecule has 0 spiro atoms. The number of benzene rings is 1. The van der Waals surface area contributed by atoms with Gasteiger partial charge < -0.3 is 10.4 Å². The molecule has 23 heavy (non-hydrogen) atoms. The molecule has 2 N–H and O–H groups in total. The van der Waals surface area contributed by atoms with Crippen LogP contribution in [0.15, 0.2) is 24.3 Å². The number of amides is 1. The number of aryl methyl sites for hydroxylation is 2. The van der Waals surface area contributed by atoms with Gasteiger partial charge in [0, 0.05) is 13.5 Å². The second-order valence-corrected chi connectivity index (χ2v) is 6.63. The van der Waals surface area contributed by atoms with Crippen molar-refractivity contribution in [1.29, 1.82) is 0 Å². The van der Waals surface area contributed by atoms with E-state index >= 15 is 0 Å². The summed E-state index contributed by atoms with van der Waals surface area (Å²) >= 11 is 0. The predicted octanol–water partition coefficient (Wildman–Crippen LogP) is 4.02. The first kappa shape index (κ1) is 19.7. The molecule has 3 heteroatoms. The van der Waals surface area contributed by atoms with Crippen LogP contribution in [0.25, 0.3) is 0 Å². The summed E-state index contributed by atoms with van der Waals surface area (Å²) in [5, 5.41) is 13.6. The zero-order chi connectivity index (χ0) is 17.1. The third kappa shape index (κ3) is 8.17. The van der Waals surface area contributed by atoms with Crippen molar-refractivity contribution in [3.05, 3.63) is 35.4 Å². The van der Waals surface area contributed by atoms with Crippen molar-refractivity contribution in [3.63, 3.8) is 0 Å². The zero-order valence-electron chi connectivity index (χ0n) is 15.0. The van der Waals surface area contributed by atoms with Crippen LogP contribution in [0.2, 0.25) is 0 Å². The minimum Gasteiger partial charge on any atom is -0.390 e. The highest BCUT2D eigenvalue weighted by Gasteiger charge is 2.24. The number of hydrogen-bond acceptors (Lipinski definition) is 2. The van der Waals surface area contributed by atoms with Crippen LogP contribution in [0.5, 0.6) is 0 Å². The Hall–Kier alpha value is -1.35. The van der Waals surface area contributed by atoms with E-state index in [1.165, 1.54) is 11.1 Å². The van der Waals surface area contributed by atoms with E-state index in [0.29, 0.717) is 0 Å². The largest absolute Gasteiger partial charge is 0.390 e. The summed E-state index contributed by atoms with van der Waals surface area (Å²) in [5.74, 6) is 0.0323. The minimum atomic E-state index is -0.509. The van der Waals surface area contributed by atoms with Crippen LogP contribution >= 0.6 is 0 Å². The van der Waals surface area contributed by atoms with Crippen molar-refractivity contribution in [1.82, 2.24) is 5.32 Å². The van der Waals surface area contributed by atoms with Gasteiger partial charge in [0.25, 0.3) is 0 Å². The summed E-state index contributed by atoms with van der Waals surface area (Å²) in [7, 11) is 0. The van der Waals surface area contributed by atoms with Gasteiger partial charge in [-0.25, -0.2) is 0 Å². The summed E-state index contributed by atoms with van der Waals surface area (Å²) < 4.78 is 0. The van der Waals surface area contributed by atoms with E-state index in [1.807, 2.05) is 0 Å². The molecular formula is C20H33NO2. The maximum Gasteiger partial charge on any atom is 0.216 e. The fourth-order valence-electron chi connectivity index (χ4n) is 3.18. The first-order chi connectivity index (χ1) is 11.0. The molecule has 0 heterocycles. The van der Waals surface area contributed by atoms with Crippen molar-refractivity contribution in [2.24, 2.45) is 0 Å². The molecule has 0 unspecified atom stereocenters. The summed E-state index contributed by atoms with van der Waals surface area (Å²) in [6, 6.07) is 8.63. The Kier molecular flexibility index (Phi) is 8.93. The molecule has 0 aromatic heterocycles. The fourth-order valence-corrected chi connectivity index (χ4v) is 3.18. The average Bonchev–Trinajstić information content (AvgIpc) is 2.51. The van der Waals surface area contributed by atoms with Crippen molar-refractivity contribution in [3.8, 4) is 0 Å². The molecule has 0 radical (unpaired) electrons. The second kappa shape index (κ2) is 10.4. The standard InChI is InChI=1S/C20H33NO2/c1-4-12-20(23,13-5-2)14-11-19-9-6-8-18(16-19)10-7-15-21-17(3)22/h6,8-9,16,23H,4-5,7,10-15H2,1-3H3,(H,21,22). The minimum absolute atomic E-state index is 0.0323. The molecule has 1 aromatic carbocycles. The van der Waals surface area contributed by atoms with Crippen LogP contribution in [-0.2, 0) is 17.6 Å². The fraction of sp³-hybridized carbons (Fsp3) is 0.650. The van der Waals surface area contributed by atoms with Crippen LogP contribution in [-0.4, -0.2) is 23.2 Å². The highest BCUT2D eigenvalue weighted by atomic mass is 16.3. The summed E-state index contributed by atoms with van der Waals surface area (Å²) in [6.07, 6.45) is 7.52. The van der Waals surface area contributed by atoms with E-state index in [0.717, 1.165) is 57.9 Å². The van der Waals surface area contributed by atoms with Gasteiger partial charge in [-0.1, -0.05) is 51.0 Å². The third-order valence-electron chi connectivity index (χ3n) is 4.32. The van der Waals surface area contributed by atoms with Gasteiger partial charge in [0.15, 0.2) is 0 Å². The van der Waals surface area contributed by atoms with Gasteiger partial charge in [-0.05, 0) is 49.7 Å². The highest BCUT2D eigenvalue weighted by Crippen LogP contribution is 2.25. The molecule has 0 atom stereocenters. The maximum atomic E-state index is 10.9. The van der Waals surface area contributed by atoms with Gasteiger partial charge in [0.2, 0.25) is 5.91 Å². The highest BCUT2D eigenvalue weighted by molar-refractivity contribution is 5.72. The van der Waals surface area contributed by atoms with Crippen LogP contribution < -0.4 is 5.32 Å². The van der Waals surface area contributed by atoms with Crippen molar-refractivity contribution in [2.75, 3.05) is 6.54 Å². The molecule has 1 aromatic rings. The van der Waals surface area contributed by atoms with Crippen LogP contribution in [0, 0.1) is 0 Å². The van der Waals surface area contributed by atoms with Crippen LogP contribution in [0.3, 0.4) is 0 Å². The molecule has 0 aliphatic rings. The van der Waals surface area contributed by atoms with Crippen LogP contribution in [0.1, 0.15) is 70.4 Å². The van der Waals surface area contributed by atoms with Crippen molar-refractivity contribution >= 4 is 5.91 Å². The molecule has 0 aliphatic carbocycles. The lowest BCUT2D eigenvalue weighted by Gasteiger charge is -2.27. The topological polar surface area (TPSA) is 49.3 Å². The van der Waals surface area contributed by atoms with Gasteiger partial charge in [-0.2, -0.15) is 0 Å². The second-order valence-electron chi connectivity index (χ2n) is 6.63. The molecule has 1 rings (SSSR count). The Morgan fingerprint density at radius 2 is 1.70 bits per heavy atom. The molecule has 0 bridgehead atoms. The van der Waals surface area contributed by atoms with Gasteiger partial charge in [-0.15, -0.1) is 0 Å². The monoisotopic (exact) mass is 319 g/mol. The van der Waals surface area contributed by atoms with E-state index in [1.54, 1.807) is 6.92 Å². The van der Waals surface area contributed by atoms with E-state index in [4.69, 9.17) is 0 Å². The molecular weight excluding hydrogens is 286 g/mol. The lowest BCUT2D eigenvalue weighted by atomic mass is 9.86. The zero-order valence-corrected chi connectivity index (χ0v) is 15.0. The van der Waals surface area contributed by atoms with Gasteiger partial charge in [0.1, 0.15) is 0 Å². The Morgan fingerprint density at radius 3 is 2.26 bits per heavy atom. The summed E-state index contributed by atoms with van der Waals surface area (Å²) in [4.78, 5) is 10.9. The number of rotatable bonds is 11. The Balaban J connectivity index is 2.50. The molecule has 0 saturated heterocycles. The number of carbonyl (C=O) groups is 1. The predicted molar refractivity (Wildman–Crippen MR) is 96.5 cm³/mol. The number of aliphatic hydroxyl groups is 1. The van der Waals surface area contributed by atoms with Gasteiger partial charge in [0.05, 0.1) is 5.60 Å². The van der Waals surface area contributed by atoms with Gasteiger partial charge in [-0.3, -0.25) is 4.79 Å². The lowest BCUT2D eigenvalue weighted by Crippen LogP contribution is -2.28. The smallest absolute Gasteiger partial charge is 0.216 e. The average molecular weight is 319 g/mol. The molecule has 0 aliphatic heterocycles. The van der Waals surface area contributed by atoms with Gasteiger partial charge >= 0.3 is 0 Å². The van der Waals surface area contributed by atoms with E-state index in [-0.39, 0.29) is 5.91 Å². The summed E-state index contributed by atoms with van der Waals surface area (Å²) in [6.45, 7) is 6.55. The molecule has 0 fully saturated rings. The van der Waals surface area contributed by atoms with E-state index in [9.17, 15) is 9.90 Å². The quantitative estimate of drug-likeness (QED) is 0.605.